The molecule has 0 aliphatic carbocycles. The molecule has 6 heteroatoms. The van der Waals surface area contributed by atoms with E-state index in [1.807, 2.05) is 54.6 Å². The number of ether oxygens (including phenoxy) is 1. The van der Waals surface area contributed by atoms with Crippen molar-refractivity contribution in [2.45, 2.75) is 44.2 Å². The Hall–Kier alpha value is -2.70. The van der Waals surface area contributed by atoms with Gasteiger partial charge in [-0.2, -0.15) is 5.10 Å². The van der Waals surface area contributed by atoms with Gasteiger partial charge in [0.05, 0.1) is 25.4 Å². The fourth-order valence-electron chi connectivity index (χ4n) is 4.62. The smallest absolute Gasteiger partial charge is 0.257 e. The standard InChI is InChI=1S/C25H31N3O3/c1-31-22-12-10-20(11-13-22)24-17-23(19-7-3-2-4-8-19)26-28(24)25(30)18-27-15-6-5-9-21(27)14-16-29/h2-4,7-8,10-13,21,24,29H,5-6,9,14-18H2,1H3. The van der Waals surface area contributed by atoms with Crippen LogP contribution in [0.1, 0.15) is 49.3 Å². The van der Waals surface area contributed by atoms with Crippen LogP contribution in [-0.4, -0.2) is 59.5 Å². The van der Waals surface area contributed by atoms with Gasteiger partial charge in [0.25, 0.3) is 5.91 Å². The summed E-state index contributed by atoms with van der Waals surface area (Å²) in [5.41, 5.74) is 3.03. The lowest BCUT2D eigenvalue weighted by Gasteiger charge is -2.36. The van der Waals surface area contributed by atoms with Gasteiger partial charge >= 0.3 is 0 Å². The van der Waals surface area contributed by atoms with E-state index in [9.17, 15) is 9.90 Å². The number of benzene rings is 2. The molecule has 2 aromatic rings. The molecule has 1 saturated heterocycles. The molecule has 0 radical (unpaired) electrons. The van der Waals surface area contributed by atoms with Gasteiger partial charge in [-0.1, -0.05) is 48.9 Å². The minimum atomic E-state index is -0.130. The maximum absolute atomic E-state index is 13.4. The molecule has 2 aliphatic rings. The second kappa shape index (κ2) is 10.1. The van der Waals surface area contributed by atoms with Crippen molar-refractivity contribution in [1.29, 1.82) is 0 Å². The molecule has 2 atom stereocenters. The number of aliphatic hydroxyl groups excluding tert-OH is 1. The van der Waals surface area contributed by atoms with Gasteiger partial charge < -0.3 is 9.84 Å². The van der Waals surface area contributed by atoms with Crippen LogP contribution in [0, 0.1) is 0 Å². The molecule has 0 aromatic heterocycles. The summed E-state index contributed by atoms with van der Waals surface area (Å²) in [5.74, 6) is 0.806. The number of piperidine rings is 1. The normalized spacial score (nSPS) is 21.7. The largest absolute Gasteiger partial charge is 0.497 e. The molecule has 31 heavy (non-hydrogen) atoms. The van der Waals surface area contributed by atoms with Crippen molar-refractivity contribution in [3.05, 3.63) is 65.7 Å². The van der Waals surface area contributed by atoms with Crippen molar-refractivity contribution in [3.63, 3.8) is 0 Å². The summed E-state index contributed by atoms with van der Waals surface area (Å²) in [4.78, 5) is 15.7. The van der Waals surface area contributed by atoms with Gasteiger partial charge in [0.1, 0.15) is 5.75 Å². The SMILES string of the molecule is COc1ccc(C2CC(c3ccccc3)=NN2C(=O)CN2CCCCC2CCO)cc1. The molecular formula is C25H31N3O3. The van der Waals surface area contributed by atoms with E-state index in [-0.39, 0.29) is 24.6 Å². The Morgan fingerprint density at radius 1 is 1.13 bits per heavy atom. The first kappa shape index (κ1) is 21.5. The quantitative estimate of drug-likeness (QED) is 0.742. The number of methoxy groups -OCH3 is 1. The summed E-state index contributed by atoms with van der Waals surface area (Å²) in [6.07, 6.45) is 4.68. The molecule has 1 N–H and O–H groups in total. The zero-order valence-corrected chi connectivity index (χ0v) is 18.1. The molecule has 2 heterocycles. The van der Waals surface area contributed by atoms with Crippen molar-refractivity contribution in [2.24, 2.45) is 5.10 Å². The van der Waals surface area contributed by atoms with Crippen molar-refractivity contribution in [3.8, 4) is 5.75 Å². The Labute approximate surface area is 184 Å². The lowest BCUT2D eigenvalue weighted by molar-refractivity contribution is -0.135. The first-order chi connectivity index (χ1) is 15.2. The first-order valence-corrected chi connectivity index (χ1v) is 11.1. The van der Waals surface area contributed by atoms with E-state index in [0.29, 0.717) is 19.4 Å². The summed E-state index contributed by atoms with van der Waals surface area (Å²) in [6, 6.07) is 18.1. The summed E-state index contributed by atoms with van der Waals surface area (Å²) < 4.78 is 5.30. The number of likely N-dealkylation sites (tertiary alicyclic amines) is 1. The second-order valence-corrected chi connectivity index (χ2v) is 8.28. The highest BCUT2D eigenvalue weighted by Gasteiger charge is 2.35. The van der Waals surface area contributed by atoms with Gasteiger partial charge in [-0.05, 0) is 49.1 Å². The van der Waals surface area contributed by atoms with Crippen LogP contribution in [0.2, 0.25) is 0 Å². The number of hydrazone groups is 1. The molecule has 0 saturated carbocycles. The lowest BCUT2D eigenvalue weighted by atomic mass is 9.98. The highest BCUT2D eigenvalue weighted by atomic mass is 16.5. The topological polar surface area (TPSA) is 65.4 Å². The van der Waals surface area contributed by atoms with E-state index in [1.54, 1.807) is 12.1 Å². The molecule has 1 amide bonds. The third kappa shape index (κ3) is 4.97. The molecule has 164 valence electrons. The van der Waals surface area contributed by atoms with Crippen LogP contribution in [0.4, 0.5) is 0 Å². The van der Waals surface area contributed by atoms with Gasteiger partial charge in [0.2, 0.25) is 0 Å². The van der Waals surface area contributed by atoms with Crippen LogP contribution in [0.3, 0.4) is 0 Å². The predicted octanol–water partition coefficient (Wildman–Crippen LogP) is 3.61. The van der Waals surface area contributed by atoms with Crippen molar-refractivity contribution in [2.75, 3.05) is 26.8 Å². The molecule has 6 nitrogen and oxygen atoms in total. The van der Waals surface area contributed by atoms with Crippen LogP contribution in [-0.2, 0) is 4.79 Å². The summed E-state index contributed by atoms with van der Waals surface area (Å²) in [5, 5.41) is 15.9. The lowest BCUT2D eigenvalue weighted by Crippen LogP contribution is -2.46. The number of nitrogens with zero attached hydrogens (tertiary/aromatic N) is 3. The Morgan fingerprint density at radius 3 is 2.61 bits per heavy atom. The highest BCUT2D eigenvalue weighted by molar-refractivity contribution is 6.03. The van der Waals surface area contributed by atoms with E-state index in [4.69, 9.17) is 9.84 Å². The van der Waals surface area contributed by atoms with Crippen LogP contribution < -0.4 is 4.74 Å². The van der Waals surface area contributed by atoms with Gasteiger partial charge in [0.15, 0.2) is 0 Å². The monoisotopic (exact) mass is 421 g/mol. The third-order valence-electron chi connectivity index (χ3n) is 6.32. The molecule has 2 aromatic carbocycles. The Kier molecular flexibility index (Phi) is 6.99. The number of rotatable bonds is 7. The zero-order chi connectivity index (χ0) is 21.6. The molecular weight excluding hydrogens is 390 g/mol. The van der Waals surface area contributed by atoms with Crippen LogP contribution in [0.5, 0.6) is 5.75 Å². The Morgan fingerprint density at radius 2 is 1.90 bits per heavy atom. The van der Waals surface area contributed by atoms with Crippen LogP contribution >= 0.6 is 0 Å². The Bertz CT molecular complexity index is 896. The maximum atomic E-state index is 13.4. The van der Waals surface area contributed by atoms with Crippen LogP contribution in [0.25, 0.3) is 0 Å². The van der Waals surface area contributed by atoms with Crippen molar-refractivity contribution >= 4 is 11.6 Å². The average Bonchev–Trinajstić information content (AvgIpc) is 3.27. The number of carbonyl (C=O) groups excluding carboxylic acids is 1. The number of amides is 1. The molecule has 2 unspecified atom stereocenters. The second-order valence-electron chi connectivity index (χ2n) is 8.28. The van der Waals surface area contributed by atoms with Crippen molar-refractivity contribution < 1.29 is 14.6 Å². The minimum Gasteiger partial charge on any atom is -0.497 e. The van der Waals surface area contributed by atoms with E-state index in [1.165, 1.54) is 0 Å². The average molecular weight is 422 g/mol. The number of hydrogen-bond donors (Lipinski definition) is 1. The summed E-state index contributed by atoms with van der Waals surface area (Å²) >= 11 is 0. The molecule has 0 bridgehead atoms. The molecule has 2 aliphatic heterocycles. The molecule has 4 rings (SSSR count). The zero-order valence-electron chi connectivity index (χ0n) is 18.1. The highest BCUT2D eigenvalue weighted by Crippen LogP contribution is 2.34. The van der Waals surface area contributed by atoms with E-state index >= 15 is 0 Å². The van der Waals surface area contributed by atoms with Crippen molar-refractivity contribution in [1.82, 2.24) is 9.91 Å². The number of aliphatic hydroxyl groups is 1. The van der Waals surface area contributed by atoms with Crippen LogP contribution in [0.15, 0.2) is 59.7 Å². The maximum Gasteiger partial charge on any atom is 0.257 e. The predicted molar refractivity (Wildman–Crippen MR) is 121 cm³/mol. The fraction of sp³-hybridized carbons (Fsp3) is 0.440. The van der Waals surface area contributed by atoms with Gasteiger partial charge in [-0.15, -0.1) is 0 Å². The molecule has 1 fully saturated rings. The number of hydrogen-bond acceptors (Lipinski definition) is 5. The fourth-order valence-corrected chi connectivity index (χ4v) is 4.62. The van der Waals surface area contributed by atoms with Gasteiger partial charge in [0, 0.05) is 19.1 Å². The van der Waals surface area contributed by atoms with E-state index < -0.39 is 0 Å². The summed E-state index contributed by atoms with van der Waals surface area (Å²) in [6.45, 7) is 1.39. The first-order valence-electron chi connectivity index (χ1n) is 11.1. The minimum absolute atomic E-state index is 0.0107. The van der Waals surface area contributed by atoms with E-state index in [0.717, 1.165) is 48.4 Å². The Balaban J connectivity index is 1.58. The van der Waals surface area contributed by atoms with Gasteiger partial charge in [-0.25, -0.2) is 5.01 Å². The third-order valence-corrected chi connectivity index (χ3v) is 6.32. The summed E-state index contributed by atoms with van der Waals surface area (Å²) in [7, 11) is 1.65. The van der Waals surface area contributed by atoms with Gasteiger partial charge in [-0.3, -0.25) is 9.69 Å². The van der Waals surface area contributed by atoms with E-state index in [2.05, 4.69) is 4.90 Å². The molecule has 0 spiro atoms. The number of carbonyl (C=O) groups is 1.